The Labute approximate surface area is 184 Å². The number of fused-ring (bicyclic) bond motifs is 2. The zero-order chi connectivity index (χ0) is 22.1. The molecule has 1 N–H and O–H groups in total. The SMILES string of the molecule is O=C(N[C@H]1CC(=O)N(CCc2cccc3c2COCO3)C1=O)C1COC2C=CC=CC2O1. The van der Waals surface area contributed by atoms with Crippen LogP contribution in [0.1, 0.15) is 17.5 Å². The van der Waals surface area contributed by atoms with Crippen molar-refractivity contribution in [2.75, 3.05) is 19.9 Å². The minimum atomic E-state index is -0.894. The molecule has 9 heteroatoms. The van der Waals surface area contributed by atoms with Gasteiger partial charge in [-0.25, -0.2) is 0 Å². The van der Waals surface area contributed by atoms with Crippen LogP contribution in [0.4, 0.5) is 0 Å². The quantitative estimate of drug-likeness (QED) is 0.670. The van der Waals surface area contributed by atoms with Crippen LogP contribution in [0.3, 0.4) is 0 Å². The predicted octanol–water partition coefficient (Wildman–Crippen LogP) is 0.618. The number of ether oxygens (including phenoxy) is 4. The minimum Gasteiger partial charge on any atom is -0.467 e. The van der Waals surface area contributed by atoms with Gasteiger partial charge in [-0.15, -0.1) is 0 Å². The van der Waals surface area contributed by atoms with Gasteiger partial charge in [-0.05, 0) is 18.1 Å². The molecule has 2 fully saturated rings. The highest BCUT2D eigenvalue weighted by Gasteiger charge is 2.41. The van der Waals surface area contributed by atoms with E-state index in [-0.39, 0.29) is 44.5 Å². The standard InChI is InChI=1S/C23H24N2O7/c26-21-10-16(24-22(27)20-12-30-18-5-1-2-6-19(18)32-20)23(28)25(21)9-8-14-4-3-7-17-15(14)11-29-13-31-17/h1-7,16,18-20H,8-13H2,(H,24,27)/t16-,18?,19?,20?/m0/s1. The summed E-state index contributed by atoms with van der Waals surface area (Å²) in [5.41, 5.74) is 1.90. The number of allylic oxidation sites excluding steroid dienone is 2. The van der Waals surface area contributed by atoms with Crippen LogP contribution in [0.5, 0.6) is 5.75 Å². The molecular weight excluding hydrogens is 416 g/mol. The molecule has 3 aliphatic heterocycles. The molecule has 32 heavy (non-hydrogen) atoms. The molecule has 9 nitrogen and oxygen atoms in total. The fraction of sp³-hybridized carbons (Fsp3) is 0.435. The Morgan fingerprint density at radius 1 is 1.16 bits per heavy atom. The van der Waals surface area contributed by atoms with Crippen LogP contribution in [0.2, 0.25) is 0 Å². The summed E-state index contributed by atoms with van der Waals surface area (Å²) < 4.78 is 22.3. The monoisotopic (exact) mass is 440 g/mol. The molecule has 5 rings (SSSR count). The predicted molar refractivity (Wildman–Crippen MR) is 110 cm³/mol. The normalized spacial score (nSPS) is 28.8. The smallest absolute Gasteiger partial charge is 0.252 e. The van der Waals surface area contributed by atoms with E-state index in [1.165, 1.54) is 4.90 Å². The van der Waals surface area contributed by atoms with E-state index in [2.05, 4.69) is 5.32 Å². The van der Waals surface area contributed by atoms with E-state index in [4.69, 9.17) is 18.9 Å². The van der Waals surface area contributed by atoms with Crippen LogP contribution in [-0.4, -0.2) is 66.9 Å². The Bertz CT molecular complexity index is 989. The summed E-state index contributed by atoms with van der Waals surface area (Å²) in [5, 5.41) is 2.66. The number of carbonyl (C=O) groups excluding carboxylic acids is 3. The van der Waals surface area contributed by atoms with Crippen molar-refractivity contribution < 1.29 is 33.3 Å². The molecule has 168 valence electrons. The van der Waals surface area contributed by atoms with E-state index in [9.17, 15) is 14.4 Å². The molecule has 0 aromatic heterocycles. The third-order valence-corrected chi connectivity index (χ3v) is 6.03. The Morgan fingerprint density at radius 2 is 2.00 bits per heavy atom. The number of rotatable bonds is 5. The van der Waals surface area contributed by atoms with E-state index in [1.807, 2.05) is 42.5 Å². The number of nitrogens with zero attached hydrogens (tertiary/aromatic N) is 1. The summed E-state index contributed by atoms with van der Waals surface area (Å²) in [6.45, 7) is 0.963. The lowest BCUT2D eigenvalue weighted by atomic mass is 10.0. The van der Waals surface area contributed by atoms with Gasteiger partial charge < -0.3 is 24.3 Å². The van der Waals surface area contributed by atoms with Crippen molar-refractivity contribution in [1.29, 1.82) is 0 Å². The molecule has 0 bridgehead atoms. The number of amides is 3. The molecule has 0 spiro atoms. The van der Waals surface area contributed by atoms with Crippen LogP contribution < -0.4 is 10.1 Å². The molecule has 0 radical (unpaired) electrons. The largest absolute Gasteiger partial charge is 0.467 e. The molecule has 3 heterocycles. The fourth-order valence-electron chi connectivity index (χ4n) is 4.33. The molecule has 1 aromatic rings. The number of hydrogen-bond acceptors (Lipinski definition) is 7. The zero-order valence-corrected chi connectivity index (χ0v) is 17.4. The maximum atomic E-state index is 12.8. The Balaban J connectivity index is 1.18. The number of likely N-dealkylation sites (tertiary alicyclic amines) is 1. The van der Waals surface area contributed by atoms with Crippen molar-refractivity contribution in [1.82, 2.24) is 10.2 Å². The van der Waals surface area contributed by atoms with Gasteiger partial charge in [0, 0.05) is 12.1 Å². The minimum absolute atomic E-state index is 0.0635. The van der Waals surface area contributed by atoms with Gasteiger partial charge in [0.1, 0.15) is 24.0 Å². The van der Waals surface area contributed by atoms with Crippen molar-refractivity contribution in [2.45, 2.75) is 43.8 Å². The van der Waals surface area contributed by atoms with Crippen LogP contribution in [0.15, 0.2) is 42.5 Å². The lowest BCUT2D eigenvalue weighted by Crippen LogP contribution is -2.52. The van der Waals surface area contributed by atoms with Gasteiger partial charge in [0.15, 0.2) is 12.9 Å². The van der Waals surface area contributed by atoms with E-state index >= 15 is 0 Å². The van der Waals surface area contributed by atoms with Crippen molar-refractivity contribution in [2.24, 2.45) is 0 Å². The number of nitrogens with one attached hydrogen (secondary N) is 1. The molecule has 1 aromatic carbocycles. The second-order valence-corrected chi connectivity index (χ2v) is 8.06. The summed E-state index contributed by atoms with van der Waals surface area (Å²) in [6, 6.07) is 4.79. The van der Waals surface area contributed by atoms with E-state index in [0.29, 0.717) is 13.0 Å². The summed E-state index contributed by atoms with van der Waals surface area (Å²) in [6.07, 6.45) is 6.44. The van der Waals surface area contributed by atoms with Crippen LogP contribution in [-0.2, 0) is 41.6 Å². The molecule has 1 aliphatic carbocycles. The third kappa shape index (κ3) is 4.06. The first kappa shape index (κ1) is 20.9. The molecule has 3 amide bonds. The fourth-order valence-corrected chi connectivity index (χ4v) is 4.33. The maximum Gasteiger partial charge on any atom is 0.252 e. The number of imide groups is 1. The summed E-state index contributed by atoms with van der Waals surface area (Å²) in [4.78, 5) is 39.2. The second-order valence-electron chi connectivity index (χ2n) is 8.06. The van der Waals surface area contributed by atoms with Gasteiger partial charge in [0.25, 0.3) is 11.8 Å². The summed E-state index contributed by atoms with van der Waals surface area (Å²) in [5.74, 6) is -0.404. The van der Waals surface area contributed by atoms with E-state index in [1.54, 1.807) is 0 Å². The second kappa shape index (κ2) is 8.85. The van der Waals surface area contributed by atoms with Crippen molar-refractivity contribution in [3.05, 3.63) is 53.6 Å². The number of hydrogen-bond donors (Lipinski definition) is 1. The van der Waals surface area contributed by atoms with E-state index < -0.39 is 24.0 Å². The third-order valence-electron chi connectivity index (χ3n) is 6.03. The average Bonchev–Trinajstić information content (AvgIpc) is 3.09. The number of carbonyl (C=O) groups is 3. The average molecular weight is 440 g/mol. The number of benzene rings is 1. The van der Waals surface area contributed by atoms with Gasteiger partial charge in [-0.1, -0.05) is 36.4 Å². The van der Waals surface area contributed by atoms with Gasteiger partial charge >= 0.3 is 0 Å². The van der Waals surface area contributed by atoms with Crippen LogP contribution in [0.25, 0.3) is 0 Å². The van der Waals surface area contributed by atoms with Gasteiger partial charge in [0.2, 0.25) is 5.91 Å². The lowest BCUT2D eigenvalue weighted by Gasteiger charge is -2.34. The zero-order valence-electron chi connectivity index (χ0n) is 17.4. The molecule has 0 saturated carbocycles. The Kier molecular flexibility index (Phi) is 5.77. The first-order valence-corrected chi connectivity index (χ1v) is 10.7. The molecule has 4 atom stereocenters. The van der Waals surface area contributed by atoms with Gasteiger partial charge in [-0.2, -0.15) is 0 Å². The summed E-state index contributed by atoms with van der Waals surface area (Å²) >= 11 is 0. The van der Waals surface area contributed by atoms with Gasteiger partial charge in [0.05, 0.1) is 19.6 Å². The highest BCUT2D eigenvalue weighted by molar-refractivity contribution is 6.07. The topological polar surface area (TPSA) is 103 Å². The molecule has 4 aliphatic rings. The molecule has 2 saturated heterocycles. The Hall–Kier alpha value is -3.01. The highest BCUT2D eigenvalue weighted by atomic mass is 16.7. The highest BCUT2D eigenvalue weighted by Crippen LogP contribution is 2.27. The first-order chi connectivity index (χ1) is 15.6. The van der Waals surface area contributed by atoms with Crippen molar-refractivity contribution >= 4 is 17.7 Å². The summed E-state index contributed by atoms with van der Waals surface area (Å²) in [7, 11) is 0. The van der Waals surface area contributed by atoms with Crippen LogP contribution in [0, 0.1) is 0 Å². The van der Waals surface area contributed by atoms with Crippen molar-refractivity contribution in [3.63, 3.8) is 0 Å². The molecular formula is C23H24N2O7. The van der Waals surface area contributed by atoms with Gasteiger partial charge in [-0.3, -0.25) is 19.3 Å². The molecule has 3 unspecified atom stereocenters. The first-order valence-electron chi connectivity index (χ1n) is 10.7. The maximum absolute atomic E-state index is 12.8. The Morgan fingerprint density at radius 3 is 2.88 bits per heavy atom. The lowest BCUT2D eigenvalue weighted by molar-refractivity contribution is -0.169. The van der Waals surface area contributed by atoms with E-state index in [0.717, 1.165) is 16.9 Å². The van der Waals surface area contributed by atoms with Crippen molar-refractivity contribution in [3.8, 4) is 5.75 Å². The van der Waals surface area contributed by atoms with Crippen LogP contribution >= 0.6 is 0 Å².